The van der Waals surface area contributed by atoms with Gasteiger partial charge in [0.15, 0.2) is 6.54 Å². The summed E-state index contributed by atoms with van der Waals surface area (Å²) in [7, 11) is 4.11. The van der Waals surface area contributed by atoms with Crippen molar-refractivity contribution in [2.24, 2.45) is 0 Å². The van der Waals surface area contributed by atoms with Gasteiger partial charge in [-0.05, 0) is 30.5 Å². The number of esters is 1. The van der Waals surface area contributed by atoms with E-state index in [2.05, 4.69) is 51.4 Å². The van der Waals surface area contributed by atoms with Gasteiger partial charge in [-0.1, -0.05) is 114 Å². The topological polar surface area (TPSA) is 35.5 Å². The van der Waals surface area contributed by atoms with E-state index in [4.69, 9.17) is 9.47 Å². The molecular weight excluding hydrogens is 458 g/mol. The third kappa shape index (κ3) is 15.5. The Kier molecular flexibility index (Phi) is 15.7. The minimum atomic E-state index is -0.157. The molecule has 206 valence electrons. The summed E-state index contributed by atoms with van der Waals surface area (Å²) in [6.07, 6.45) is 16.9. The van der Waals surface area contributed by atoms with Gasteiger partial charge < -0.3 is 14.0 Å². The van der Waals surface area contributed by atoms with Crippen LogP contribution in [0.1, 0.15) is 95.1 Å². The molecule has 4 nitrogen and oxygen atoms in total. The number of hydrogen-bond acceptors (Lipinski definition) is 3. The van der Waals surface area contributed by atoms with Crippen molar-refractivity contribution in [3.05, 3.63) is 65.7 Å². The molecule has 0 aliphatic heterocycles. The summed E-state index contributed by atoms with van der Waals surface area (Å²) in [5, 5.41) is 0. The number of quaternary nitrogens is 1. The third-order valence-corrected chi connectivity index (χ3v) is 6.80. The molecule has 37 heavy (non-hydrogen) atoms. The molecule has 0 atom stereocenters. The zero-order valence-corrected chi connectivity index (χ0v) is 23.9. The Labute approximate surface area is 227 Å². The maximum atomic E-state index is 12.3. The van der Waals surface area contributed by atoms with Crippen molar-refractivity contribution in [3.63, 3.8) is 0 Å². The van der Waals surface area contributed by atoms with Crippen molar-refractivity contribution in [1.29, 1.82) is 0 Å². The van der Waals surface area contributed by atoms with Gasteiger partial charge in [0, 0.05) is 12.0 Å². The molecule has 0 aliphatic rings. The van der Waals surface area contributed by atoms with Crippen molar-refractivity contribution in [2.75, 3.05) is 33.9 Å². The fraction of sp³-hybridized carbons (Fsp3) is 0.606. The molecule has 0 radical (unpaired) electrons. The fourth-order valence-electron chi connectivity index (χ4n) is 4.75. The van der Waals surface area contributed by atoms with Crippen LogP contribution in [0.15, 0.2) is 54.6 Å². The summed E-state index contributed by atoms with van der Waals surface area (Å²) in [4.78, 5) is 12.3. The Morgan fingerprint density at radius 2 is 1.32 bits per heavy atom. The molecule has 0 saturated heterocycles. The lowest BCUT2D eigenvalue weighted by molar-refractivity contribution is -0.896. The zero-order chi connectivity index (χ0) is 26.6. The normalized spacial score (nSPS) is 11.4. The number of ether oxygens (including phenoxy) is 2. The first-order valence-corrected chi connectivity index (χ1v) is 14.7. The maximum Gasteiger partial charge on any atom is 0.361 e. The Morgan fingerprint density at radius 1 is 0.703 bits per heavy atom. The van der Waals surface area contributed by atoms with Gasteiger partial charge in [0.05, 0.1) is 27.3 Å². The van der Waals surface area contributed by atoms with E-state index < -0.39 is 0 Å². The minimum Gasteiger partial charge on any atom is -0.493 e. The fourth-order valence-corrected chi connectivity index (χ4v) is 4.75. The minimum absolute atomic E-state index is 0.157. The van der Waals surface area contributed by atoms with Crippen molar-refractivity contribution >= 4 is 5.97 Å². The van der Waals surface area contributed by atoms with Crippen LogP contribution in [-0.4, -0.2) is 44.3 Å². The van der Waals surface area contributed by atoms with Gasteiger partial charge in [0.1, 0.15) is 12.3 Å². The first-order chi connectivity index (χ1) is 18.0. The Hall–Kier alpha value is -2.33. The highest BCUT2D eigenvalue weighted by atomic mass is 16.5. The number of nitrogens with zero attached hydrogens (tertiary/aromatic N) is 1. The largest absolute Gasteiger partial charge is 0.493 e. The summed E-state index contributed by atoms with van der Waals surface area (Å²) < 4.78 is 12.0. The first-order valence-electron chi connectivity index (χ1n) is 14.7. The number of rotatable bonds is 21. The Balaban J connectivity index is 1.51. The highest BCUT2D eigenvalue weighted by Crippen LogP contribution is 2.17. The molecule has 0 fully saturated rings. The van der Waals surface area contributed by atoms with Crippen molar-refractivity contribution in [3.8, 4) is 5.75 Å². The molecule has 2 aromatic rings. The molecule has 0 bridgehead atoms. The van der Waals surface area contributed by atoms with Crippen LogP contribution in [0.25, 0.3) is 0 Å². The second kappa shape index (κ2) is 18.8. The van der Waals surface area contributed by atoms with Crippen LogP contribution >= 0.6 is 0 Å². The Morgan fingerprint density at radius 3 is 2.00 bits per heavy atom. The first kappa shape index (κ1) is 30.9. The van der Waals surface area contributed by atoms with Gasteiger partial charge in [0.2, 0.25) is 0 Å². The monoisotopic (exact) mass is 510 g/mol. The number of benzene rings is 2. The van der Waals surface area contributed by atoms with Crippen LogP contribution in [0, 0.1) is 0 Å². The molecule has 2 aromatic carbocycles. The number of aryl methyl sites for hydroxylation is 1. The van der Waals surface area contributed by atoms with E-state index in [1.54, 1.807) is 0 Å². The molecule has 0 N–H and O–H groups in total. The van der Waals surface area contributed by atoms with E-state index >= 15 is 0 Å². The summed E-state index contributed by atoms with van der Waals surface area (Å²) >= 11 is 0. The highest BCUT2D eigenvalue weighted by Gasteiger charge is 2.21. The summed E-state index contributed by atoms with van der Waals surface area (Å²) in [6.45, 7) is 4.38. The summed E-state index contributed by atoms with van der Waals surface area (Å²) in [6, 6.07) is 18.7. The van der Waals surface area contributed by atoms with Crippen LogP contribution in [0.4, 0.5) is 0 Å². The standard InChI is InChI=1S/C33H52NO3/c1-4-5-6-7-8-9-10-11-12-13-15-20-30-23-18-24-32(27-30)36-25-19-26-37-33(35)29-34(2,3)28-31-21-16-14-17-22-31/h14,16-18,21-24,27H,4-13,15,19-20,25-26,28-29H2,1-3H3/q+1. The van der Waals surface area contributed by atoms with Crippen molar-refractivity contribution in [2.45, 2.75) is 96.9 Å². The van der Waals surface area contributed by atoms with Crippen molar-refractivity contribution < 1.29 is 18.8 Å². The smallest absolute Gasteiger partial charge is 0.361 e. The van der Waals surface area contributed by atoms with E-state index in [-0.39, 0.29) is 5.97 Å². The molecule has 0 saturated carbocycles. The van der Waals surface area contributed by atoms with Gasteiger partial charge in [-0.25, -0.2) is 4.79 Å². The number of hydrogen-bond donors (Lipinski definition) is 0. The summed E-state index contributed by atoms with van der Waals surface area (Å²) in [5.74, 6) is 0.752. The number of unbranched alkanes of at least 4 members (excludes halogenated alkanes) is 10. The van der Waals surface area contributed by atoms with E-state index in [1.807, 2.05) is 24.3 Å². The van der Waals surface area contributed by atoms with Crippen LogP contribution in [0.5, 0.6) is 5.75 Å². The molecule has 4 heteroatoms. The van der Waals surface area contributed by atoms with Gasteiger partial charge in [-0.2, -0.15) is 0 Å². The van der Waals surface area contributed by atoms with Crippen LogP contribution in [-0.2, 0) is 22.5 Å². The average Bonchev–Trinajstić information content (AvgIpc) is 2.87. The lowest BCUT2D eigenvalue weighted by atomic mass is 10.0. The lowest BCUT2D eigenvalue weighted by Crippen LogP contribution is -2.43. The van der Waals surface area contributed by atoms with E-state index in [1.165, 1.54) is 81.8 Å². The predicted octanol–water partition coefficient (Wildman–Crippen LogP) is 8.13. The van der Waals surface area contributed by atoms with Gasteiger partial charge >= 0.3 is 5.97 Å². The lowest BCUT2D eigenvalue weighted by Gasteiger charge is -2.28. The quantitative estimate of drug-likeness (QED) is 0.0966. The molecule has 2 rings (SSSR count). The van der Waals surface area contributed by atoms with Gasteiger partial charge in [-0.3, -0.25) is 0 Å². The molecule has 0 amide bonds. The second-order valence-corrected chi connectivity index (χ2v) is 11.1. The van der Waals surface area contributed by atoms with E-state index in [0.717, 1.165) is 18.7 Å². The highest BCUT2D eigenvalue weighted by molar-refractivity contribution is 5.70. The molecular formula is C33H52NO3+. The number of carbonyl (C=O) groups excluding carboxylic acids is 1. The second-order valence-electron chi connectivity index (χ2n) is 11.1. The zero-order valence-electron chi connectivity index (χ0n) is 23.9. The van der Waals surface area contributed by atoms with Crippen LogP contribution < -0.4 is 4.74 Å². The van der Waals surface area contributed by atoms with Crippen molar-refractivity contribution in [1.82, 2.24) is 0 Å². The van der Waals surface area contributed by atoms with Crippen LogP contribution in [0.2, 0.25) is 0 Å². The third-order valence-electron chi connectivity index (χ3n) is 6.80. The van der Waals surface area contributed by atoms with E-state index in [0.29, 0.717) is 30.7 Å². The number of likely N-dealkylation sites (N-methyl/N-ethyl adjacent to an activating group) is 1. The van der Waals surface area contributed by atoms with Crippen LogP contribution in [0.3, 0.4) is 0 Å². The average molecular weight is 511 g/mol. The van der Waals surface area contributed by atoms with Gasteiger partial charge in [0.25, 0.3) is 0 Å². The SMILES string of the molecule is CCCCCCCCCCCCCc1cccc(OCCCOC(=O)C[N+](C)(C)Cc2ccccc2)c1. The maximum absolute atomic E-state index is 12.3. The number of carbonyl (C=O) groups is 1. The predicted molar refractivity (Wildman–Crippen MR) is 155 cm³/mol. The molecule has 0 heterocycles. The summed E-state index contributed by atoms with van der Waals surface area (Å²) in [5.41, 5.74) is 2.57. The molecule has 0 aliphatic carbocycles. The van der Waals surface area contributed by atoms with Gasteiger partial charge in [-0.15, -0.1) is 0 Å². The molecule has 0 spiro atoms. The molecule has 0 aromatic heterocycles. The van der Waals surface area contributed by atoms with E-state index in [9.17, 15) is 4.79 Å². The Bertz CT molecular complexity index is 850. The molecule has 0 unspecified atom stereocenters.